The summed E-state index contributed by atoms with van der Waals surface area (Å²) in [6, 6.07) is -0.210. The maximum Gasteiger partial charge on any atom is 0.239 e. The molecule has 4 aliphatic carbocycles. The Morgan fingerprint density at radius 3 is 2.21 bits per heavy atom. The van der Waals surface area contributed by atoms with E-state index in [0.29, 0.717) is 0 Å². The molecule has 1 amide bonds. The molecular weight excluding hydrogens is 236 g/mol. The smallest absolute Gasteiger partial charge is 0.239 e. The summed E-state index contributed by atoms with van der Waals surface area (Å²) >= 11 is 0. The van der Waals surface area contributed by atoms with Crippen molar-refractivity contribution >= 4 is 5.91 Å². The molecule has 19 heavy (non-hydrogen) atoms. The summed E-state index contributed by atoms with van der Waals surface area (Å²) in [6.07, 6.45) is 9.60. The first-order valence-electron chi connectivity index (χ1n) is 8.25. The first kappa shape index (κ1) is 12.2. The largest absolute Gasteiger partial charge is 0.341 e. The van der Waals surface area contributed by atoms with Crippen molar-refractivity contribution in [3.8, 4) is 0 Å². The average Bonchev–Trinajstić information content (AvgIpc) is 2.69. The molecule has 2 N–H and O–H groups in total. The van der Waals surface area contributed by atoms with E-state index in [-0.39, 0.29) is 11.9 Å². The summed E-state index contributed by atoms with van der Waals surface area (Å²) in [6.45, 7) is 1.87. The van der Waals surface area contributed by atoms with Gasteiger partial charge in [0.15, 0.2) is 0 Å². The van der Waals surface area contributed by atoms with Crippen LogP contribution in [0.5, 0.6) is 0 Å². The molecule has 1 atom stereocenters. The zero-order valence-corrected chi connectivity index (χ0v) is 11.8. The summed E-state index contributed by atoms with van der Waals surface area (Å²) < 4.78 is 0. The molecule has 4 saturated carbocycles. The van der Waals surface area contributed by atoms with E-state index in [0.717, 1.165) is 49.1 Å². The third-order valence-electron chi connectivity index (χ3n) is 6.49. The van der Waals surface area contributed by atoms with Gasteiger partial charge < -0.3 is 10.6 Å². The molecule has 5 rings (SSSR count). The predicted octanol–water partition coefficient (Wildman–Crippen LogP) is 2.01. The van der Waals surface area contributed by atoms with Crippen LogP contribution in [0.4, 0.5) is 0 Å². The van der Waals surface area contributed by atoms with Gasteiger partial charge in [-0.15, -0.1) is 0 Å². The Balaban J connectivity index is 1.37. The Kier molecular flexibility index (Phi) is 2.87. The number of carbonyl (C=O) groups excluding carboxylic acids is 1. The summed E-state index contributed by atoms with van der Waals surface area (Å²) in [4.78, 5) is 13.9. The van der Waals surface area contributed by atoms with Gasteiger partial charge in [0.2, 0.25) is 5.91 Å². The number of rotatable bonds is 3. The average molecular weight is 262 g/mol. The van der Waals surface area contributed by atoms with Gasteiger partial charge in [-0.2, -0.15) is 0 Å². The van der Waals surface area contributed by atoms with Crippen molar-refractivity contribution in [2.45, 2.75) is 51.0 Å². The van der Waals surface area contributed by atoms with Crippen LogP contribution in [-0.4, -0.2) is 29.9 Å². The lowest BCUT2D eigenvalue weighted by Gasteiger charge is -2.54. The van der Waals surface area contributed by atoms with Gasteiger partial charge >= 0.3 is 0 Å². The fourth-order valence-electron chi connectivity index (χ4n) is 5.80. The molecule has 5 aliphatic rings. The molecule has 5 fully saturated rings. The zero-order valence-electron chi connectivity index (χ0n) is 11.8. The molecule has 0 aromatic heterocycles. The minimum atomic E-state index is -0.210. The lowest BCUT2D eigenvalue weighted by molar-refractivity contribution is -0.129. The Morgan fingerprint density at radius 2 is 1.68 bits per heavy atom. The van der Waals surface area contributed by atoms with E-state index in [1.54, 1.807) is 0 Å². The van der Waals surface area contributed by atoms with Gasteiger partial charge in [0.1, 0.15) is 0 Å². The van der Waals surface area contributed by atoms with E-state index < -0.39 is 0 Å². The van der Waals surface area contributed by atoms with Crippen LogP contribution >= 0.6 is 0 Å². The minimum Gasteiger partial charge on any atom is -0.341 e. The molecule has 0 aromatic carbocycles. The third kappa shape index (κ3) is 2.01. The zero-order chi connectivity index (χ0) is 13.0. The summed E-state index contributed by atoms with van der Waals surface area (Å²) in [7, 11) is 0. The van der Waals surface area contributed by atoms with Crippen molar-refractivity contribution in [2.24, 2.45) is 35.3 Å². The molecule has 1 saturated heterocycles. The van der Waals surface area contributed by atoms with Crippen LogP contribution in [0.25, 0.3) is 0 Å². The number of hydrogen-bond donors (Lipinski definition) is 1. The van der Waals surface area contributed by atoms with Crippen LogP contribution in [0.2, 0.25) is 0 Å². The van der Waals surface area contributed by atoms with E-state index >= 15 is 0 Å². The van der Waals surface area contributed by atoms with Gasteiger partial charge in [0, 0.05) is 13.1 Å². The van der Waals surface area contributed by atoms with Crippen LogP contribution in [0.1, 0.15) is 44.9 Å². The first-order valence-corrected chi connectivity index (χ1v) is 8.25. The third-order valence-corrected chi connectivity index (χ3v) is 6.49. The standard InChI is InChI=1S/C16H26N2O/c17-15-2-4-18(16(15)19)3-1-14-12-6-10-5-11(8-12)9-13(14)7-10/h10-15H,1-9,17H2. The van der Waals surface area contributed by atoms with Crippen molar-refractivity contribution in [3.63, 3.8) is 0 Å². The number of likely N-dealkylation sites (tertiary alicyclic amines) is 1. The Hall–Kier alpha value is -0.570. The highest BCUT2D eigenvalue weighted by Crippen LogP contribution is 2.57. The fraction of sp³-hybridized carbons (Fsp3) is 0.938. The molecule has 0 aromatic rings. The monoisotopic (exact) mass is 262 g/mol. The Bertz CT molecular complexity index is 353. The van der Waals surface area contributed by atoms with Crippen LogP contribution in [0.15, 0.2) is 0 Å². The first-order chi connectivity index (χ1) is 9.20. The van der Waals surface area contributed by atoms with E-state index in [2.05, 4.69) is 0 Å². The number of carbonyl (C=O) groups is 1. The quantitative estimate of drug-likeness (QED) is 0.845. The Morgan fingerprint density at radius 1 is 1.05 bits per heavy atom. The van der Waals surface area contributed by atoms with E-state index in [4.69, 9.17) is 5.73 Å². The second-order valence-corrected chi connectivity index (χ2v) is 7.60. The molecule has 0 radical (unpaired) electrons. The lowest BCUT2D eigenvalue weighted by atomic mass is 9.51. The molecule has 1 heterocycles. The van der Waals surface area contributed by atoms with Crippen LogP contribution in [-0.2, 0) is 4.79 Å². The van der Waals surface area contributed by atoms with Gasteiger partial charge in [-0.3, -0.25) is 4.79 Å². The minimum absolute atomic E-state index is 0.198. The maximum atomic E-state index is 11.9. The van der Waals surface area contributed by atoms with E-state index in [1.165, 1.54) is 38.5 Å². The highest BCUT2D eigenvalue weighted by molar-refractivity contribution is 5.83. The van der Waals surface area contributed by atoms with Crippen molar-refractivity contribution < 1.29 is 4.79 Å². The molecule has 4 bridgehead atoms. The van der Waals surface area contributed by atoms with Gasteiger partial charge in [-0.05, 0) is 74.5 Å². The number of nitrogens with two attached hydrogens (primary N) is 1. The number of amides is 1. The molecule has 106 valence electrons. The molecule has 1 aliphatic heterocycles. The lowest BCUT2D eigenvalue weighted by Crippen LogP contribution is -2.46. The molecule has 3 nitrogen and oxygen atoms in total. The SMILES string of the molecule is NC1CCN(CCC2C3CC4CC(C3)CC2C4)C1=O. The van der Waals surface area contributed by atoms with E-state index in [1.807, 2.05) is 4.90 Å². The predicted molar refractivity (Wildman–Crippen MR) is 74.3 cm³/mol. The number of hydrogen-bond acceptors (Lipinski definition) is 2. The van der Waals surface area contributed by atoms with Crippen LogP contribution < -0.4 is 5.73 Å². The summed E-state index contributed by atoms with van der Waals surface area (Å²) in [5, 5.41) is 0. The van der Waals surface area contributed by atoms with Gasteiger partial charge in [0.25, 0.3) is 0 Å². The molecular formula is C16H26N2O. The van der Waals surface area contributed by atoms with Crippen molar-refractivity contribution in [3.05, 3.63) is 0 Å². The highest BCUT2D eigenvalue weighted by atomic mass is 16.2. The summed E-state index contributed by atoms with van der Waals surface area (Å²) in [5.41, 5.74) is 5.80. The fourth-order valence-corrected chi connectivity index (χ4v) is 5.80. The Labute approximate surface area is 115 Å². The maximum absolute atomic E-state index is 11.9. The topological polar surface area (TPSA) is 46.3 Å². The second-order valence-electron chi connectivity index (χ2n) is 7.60. The van der Waals surface area contributed by atoms with E-state index in [9.17, 15) is 4.79 Å². The van der Waals surface area contributed by atoms with Crippen molar-refractivity contribution in [1.29, 1.82) is 0 Å². The van der Waals surface area contributed by atoms with Gasteiger partial charge in [-0.25, -0.2) is 0 Å². The number of nitrogens with zero attached hydrogens (tertiary/aromatic N) is 1. The van der Waals surface area contributed by atoms with Crippen molar-refractivity contribution in [2.75, 3.05) is 13.1 Å². The highest BCUT2D eigenvalue weighted by Gasteiger charge is 2.47. The molecule has 3 heteroatoms. The van der Waals surface area contributed by atoms with Gasteiger partial charge in [0.05, 0.1) is 6.04 Å². The second kappa shape index (κ2) is 4.47. The molecule has 0 spiro atoms. The van der Waals surface area contributed by atoms with Crippen LogP contribution in [0, 0.1) is 29.6 Å². The van der Waals surface area contributed by atoms with Gasteiger partial charge in [-0.1, -0.05) is 0 Å². The molecule has 1 unspecified atom stereocenters. The van der Waals surface area contributed by atoms with Crippen LogP contribution in [0.3, 0.4) is 0 Å². The van der Waals surface area contributed by atoms with Crippen molar-refractivity contribution in [1.82, 2.24) is 4.90 Å². The normalized spacial score (nSPS) is 48.3. The summed E-state index contributed by atoms with van der Waals surface area (Å²) in [5.74, 6) is 5.20.